The van der Waals surface area contributed by atoms with Crippen molar-refractivity contribution in [2.45, 2.75) is 72.6 Å². The molecule has 1 amide bonds. The van der Waals surface area contributed by atoms with E-state index < -0.39 is 17.3 Å². The van der Waals surface area contributed by atoms with E-state index in [1.807, 2.05) is 53.6 Å². The number of unbranched alkanes of at least 4 members (excludes halogenated alkanes) is 1. The van der Waals surface area contributed by atoms with Crippen LogP contribution in [0, 0.1) is 0 Å². The van der Waals surface area contributed by atoms with E-state index in [9.17, 15) is 14.4 Å². The molecule has 2 aromatic heterocycles. The average molecular weight is 455 g/mol. The van der Waals surface area contributed by atoms with Crippen LogP contribution in [0.25, 0.3) is 11.2 Å². The number of imidazole rings is 1. The maximum absolute atomic E-state index is 12.9. The van der Waals surface area contributed by atoms with Crippen LogP contribution in [-0.2, 0) is 24.4 Å². The third-order valence-electron chi connectivity index (χ3n) is 5.84. The van der Waals surface area contributed by atoms with Crippen molar-refractivity contribution in [3.05, 3.63) is 57.0 Å². The number of benzene rings is 1. The fraction of sp³-hybridized carbons (Fsp3) is 0.500. The Kier molecular flexibility index (Phi) is 8.21. The Morgan fingerprint density at radius 2 is 1.85 bits per heavy atom. The van der Waals surface area contributed by atoms with E-state index in [-0.39, 0.29) is 5.91 Å². The van der Waals surface area contributed by atoms with Gasteiger partial charge in [0.25, 0.3) is 5.56 Å². The van der Waals surface area contributed by atoms with Gasteiger partial charge in [-0.1, -0.05) is 38.5 Å². The van der Waals surface area contributed by atoms with Crippen molar-refractivity contribution in [3.63, 3.8) is 0 Å². The fourth-order valence-electron chi connectivity index (χ4n) is 4.02. The molecule has 1 atom stereocenters. The Bertz CT molecular complexity index is 1190. The molecule has 9 nitrogen and oxygen atoms in total. The molecule has 0 bridgehead atoms. The first kappa shape index (κ1) is 24.4. The normalized spacial score (nSPS) is 12.4. The number of hydrogen-bond acceptors (Lipinski definition) is 5. The number of rotatable bonds is 11. The molecule has 0 fully saturated rings. The average Bonchev–Trinajstić information content (AvgIpc) is 3.17. The maximum atomic E-state index is 12.9. The summed E-state index contributed by atoms with van der Waals surface area (Å²) in [4.78, 5) is 47.3. The number of para-hydroxylation sites is 1. The van der Waals surface area contributed by atoms with Gasteiger partial charge in [-0.05, 0) is 45.4 Å². The minimum absolute atomic E-state index is 0.105. The number of amides is 1. The first-order valence-electron chi connectivity index (χ1n) is 11.7. The molecular weight excluding hydrogens is 420 g/mol. The first-order chi connectivity index (χ1) is 15.9. The summed E-state index contributed by atoms with van der Waals surface area (Å²) in [7, 11) is 0. The highest BCUT2D eigenvalue weighted by molar-refractivity contribution is 5.94. The summed E-state index contributed by atoms with van der Waals surface area (Å²) in [5, 5.41) is 2.96. The monoisotopic (exact) mass is 454 g/mol. The number of hydrogen-bond donors (Lipinski definition) is 2. The third kappa shape index (κ3) is 5.42. The Morgan fingerprint density at radius 1 is 1.12 bits per heavy atom. The molecule has 0 aliphatic heterocycles. The van der Waals surface area contributed by atoms with E-state index >= 15 is 0 Å². The number of anilines is 1. The molecule has 0 aliphatic carbocycles. The molecular formula is C24H34N6O3. The van der Waals surface area contributed by atoms with E-state index in [1.54, 1.807) is 4.57 Å². The molecule has 3 aromatic rings. The second-order valence-corrected chi connectivity index (χ2v) is 8.21. The largest absolute Gasteiger partial charge is 0.330 e. The summed E-state index contributed by atoms with van der Waals surface area (Å²) in [6, 6.07) is 8.96. The van der Waals surface area contributed by atoms with Crippen molar-refractivity contribution in [3.8, 4) is 0 Å². The molecule has 0 spiro atoms. The van der Waals surface area contributed by atoms with Gasteiger partial charge in [0.15, 0.2) is 11.2 Å². The number of nitrogens with zero attached hydrogens (tertiary/aromatic N) is 4. The van der Waals surface area contributed by atoms with Gasteiger partial charge in [-0.15, -0.1) is 0 Å². The molecule has 1 aromatic carbocycles. The first-order valence-corrected chi connectivity index (χ1v) is 11.7. The predicted octanol–water partition coefficient (Wildman–Crippen LogP) is 2.95. The summed E-state index contributed by atoms with van der Waals surface area (Å²) >= 11 is 0. The van der Waals surface area contributed by atoms with E-state index in [0.29, 0.717) is 43.2 Å². The number of aryl methyl sites for hydroxylation is 2. The van der Waals surface area contributed by atoms with Crippen molar-refractivity contribution >= 4 is 22.8 Å². The van der Waals surface area contributed by atoms with Crippen LogP contribution in [0.15, 0.2) is 39.9 Å². The number of aromatic amines is 1. The fourth-order valence-corrected chi connectivity index (χ4v) is 4.02. The van der Waals surface area contributed by atoms with Crippen LogP contribution in [-0.4, -0.2) is 42.5 Å². The van der Waals surface area contributed by atoms with Crippen LogP contribution in [0.3, 0.4) is 0 Å². The lowest BCUT2D eigenvalue weighted by Crippen LogP contribution is -2.42. The smallest absolute Gasteiger partial charge is 0.325 e. The summed E-state index contributed by atoms with van der Waals surface area (Å²) < 4.78 is 3.39. The topological polar surface area (TPSA) is 105 Å². The summed E-state index contributed by atoms with van der Waals surface area (Å²) in [5.41, 5.74) is 0.695. The third-order valence-corrected chi connectivity index (χ3v) is 5.84. The lowest BCUT2D eigenvalue weighted by Gasteiger charge is -2.27. The highest BCUT2D eigenvalue weighted by Gasteiger charge is 2.25. The van der Waals surface area contributed by atoms with Crippen molar-refractivity contribution in [2.75, 3.05) is 11.9 Å². The van der Waals surface area contributed by atoms with E-state index in [2.05, 4.69) is 24.1 Å². The standard InChI is InChI=1S/C24H34N6O3/c1-5-8-15-30-21-20(23(32)27-24(30)33)29(7-3)19(26-21)16-28(14-6-2)17(4)22(31)25-18-12-10-9-11-13-18/h9-13,17H,5-8,14-16H2,1-4H3,(H,25,31)(H,27,32,33)/t17-/m1/s1. The molecule has 2 N–H and O–H groups in total. The second-order valence-electron chi connectivity index (χ2n) is 8.21. The van der Waals surface area contributed by atoms with Crippen molar-refractivity contribution in [2.24, 2.45) is 0 Å². The van der Waals surface area contributed by atoms with E-state index in [0.717, 1.165) is 24.9 Å². The van der Waals surface area contributed by atoms with Gasteiger partial charge in [-0.2, -0.15) is 0 Å². The zero-order chi connectivity index (χ0) is 24.0. The summed E-state index contributed by atoms with van der Waals surface area (Å²) in [6.45, 7) is 10.0. The number of nitrogens with one attached hydrogen (secondary N) is 2. The molecule has 178 valence electrons. The van der Waals surface area contributed by atoms with Crippen LogP contribution in [0.2, 0.25) is 0 Å². The van der Waals surface area contributed by atoms with Crippen molar-refractivity contribution < 1.29 is 4.79 Å². The summed E-state index contributed by atoms with van der Waals surface area (Å²) in [6.07, 6.45) is 2.60. The zero-order valence-electron chi connectivity index (χ0n) is 19.9. The molecule has 3 rings (SSSR count). The predicted molar refractivity (Wildman–Crippen MR) is 130 cm³/mol. The molecule has 0 unspecified atom stereocenters. The van der Waals surface area contributed by atoms with Gasteiger partial charge in [0.05, 0.1) is 12.6 Å². The minimum atomic E-state index is -0.436. The maximum Gasteiger partial charge on any atom is 0.330 e. The van der Waals surface area contributed by atoms with Gasteiger partial charge < -0.3 is 9.88 Å². The zero-order valence-corrected chi connectivity index (χ0v) is 19.9. The van der Waals surface area contributed by atoms with Crippen molar-refractivity contribution in [1.82, 2.24) is 24.0 Å². The molecule has 2 heterocycles. The minimum Gasteiger partial charge on any atom is -0.325 e. The Labute approximate surface area is 193 Å². The number of H-pyrrole nitrogens is 1. The van der Waals surface area contributed by atoms with E-state index in [1.165, 1.54) is 0 Å². The molecule has 0 saturated heterocycles. The number of aromatic nitrogens is 4. The van der Waals surface area contributed by atoms with Gasteiger partial charge in [0.1, 0.15) is 5.82 Å². The highest BCUT2D eigenvalue weighted by Crippen LogP contribution is 2.17. The van der Waals surface area contributed by atoms with Crippen LogP contribution in [0.1, 0.15) is 52.8 Å². The van der Waals surface area contributed by atoms with Crippen LogP contribution in [0.4, 0.5) is 5.69 Å². The van der Waals surface area contributed by atoms with Crippen LogP contribution < -0.4 is 16.6 Å². The molecule has 0 radical (unpaired) electrons. The molecule has 0 saturated carbocycles. The van der Waals surface area contributed by atoms with Gasteiger partial charge in [-0.3, -0.25) is 24.0 Å². The SMILES string of the molecule is CCCCn1c(=O)[nH]c(=O)c2c1nc(CN(CCC)[C@H](C)C(=O)Nc1ccccc1)n2CC. The lowest BCUT2D eigenvalue weighted by molar-refractivity contribution is -0.121. The van der Waals surface area contributed by atoms with Gasteiger partial charge in [0, 0.05) is 18.8 Å². The van der Waals surface area contributed by atoms with E-state index in [4.69, 9.17) is 4.98 Å². The number of carbonyl (C=O) groups excluding carboxylic acids is 1. The summed E-state index contributed by atoms with van der Waals surface area (Å²) in [5.74, 6) is 0.563. The van der Waals surface area contributed by atoms with Crippen LogP contribution >= 0.6 is 0 Å². The molecule has 0 aliphatic rings. The quantitative estimate of drug-likeness (QED) is 0.463. The lowest BCUT2D eigenvalue weighted by atomic mass is 10.2. The highest BCUT2D eigenvalue weighted by atomic mass is 16.2. The Morgan fingerprint density at radius 3 is 2.48 bits per heavy atom. The Balaban J connectivity index is 1.96. The van der Waals surface area contributed by atoms with Gasteiger partial charge in [-0.25, -0.2) is 9.78 Å². The van der Waals surface area contributed by atoms with Crippen molar-refractivity contribution in [1.29, 1.82) is 0 Å². The van der Waals surface area contributed by atoms with Gasteiger partial charge in [0.2, 0.25) is 5.91 Å². The number of fused-ring (bicyclic) bond motifs is 1. The van der Waals surface area contributed by atoms with Gasteiger partial charge >= 0.3 is 5.69 Å². The number of carbonyl (C=O) groups is 1. The Hall–Kier alpha value is -3.20. The van der Waals surface area contributed by atoms with Crippen LogP contribution in [0.5, 0.6) is 0 Å². The molecule has 33 heavy (non-hydrogen) atoms. The second kappa shape index (κ2) is 11.1. The molecule has 9 heteroatoms.